The van der Waals surface area contributed by atoms with Gasteiger partial charge in [-0.3, -0.25) is 10.1 Å². The molecular formula is C16H22N2O. The van der Waals surface area contributed by atoms with Crippen LogP contribution in [0.2, 0.25) is 0 Å². The summed E-state index contributed by atoms with van der Waals surface area (Å²) in [7, 11) is 0. The van der Waals surface area contributed by atoms with E-state index in [2.05, 4.69) is 34.9 Å². The fourth-order valence-electron chi connectivity index (χ4n) is 2.86. The lowest BCUT2D eigenvalue weighted by Crippen LogP contribution is -2.45. The highest BCUT2D eigenvalue weighted by atomic mass is 16.2. The number of fused-ring (bicyclic) bond motifs is 1. The zero-order valence-corrected chi connectivity index (χ0v) is 11.5. The van der Waals surface area contributed by atoms with Gasteiger partial charge in [0.05, 0.1) is 6.04 Å². The third kappa shape index (κ3) is 2.98. The molecule has 1 amide bonds. The highest BCUT2D eigenvalue weighted by Crippen LogP contribution is 2.29. The molecule has 0 unspecified atom stereocenters. The molecule has 2 atom stereocenters. The number of benzene rings is 1. The largest absolute Gasteiger partial charge is 0.352 e. The van der Waals surface area contributed by atoms with E-state index in [0.29, 0.717) is 12.1 Å². The summed E-state index contributed by atoms with van der Waals surface area (Å²) >= 11 is 0. The molecule has 2 aliphatic carbocycles. The average molecular weight is 258 g/mol. The minimum absolute atomic E-state index is 0.114. The van der Waals surface area contributed by atoms with Gasteiger partial charge in [0.25, 0.3) is 0 Å². The van der Waals surface area contributed by atoms with Crippen LogP contribution < -0.4 is 10.6 Å². The van der Waals surface area contributed by atoms with Gasteiger partial charge in [-0.1, -0.05) is 24.3 Å². The standard InChI is InChI=1S/C16H22N2O/c1-11(16(19)18-13-9-10-13)17-15-8-4-6-12-5-2-3-7-14(12)15/h2-3,5,7,11,13,15,17H,4,6,8-10H2,1H3,(H,18,19)/t11-,15+/m0/s1. The summed E-state index contributed by atoms with van der Waals surface area (Å²) in [6.45, 7) is 1.97. The number of hydrogen-bond acceptors (Lipinski definition) is 2. The molecule has 1 saturated carbocycles. The molecular weight excluding hydrogens is 236 g/mol. The number of aryl methyl sites for hydroxylation is 1. The Labute approximate surface area is 114 Å². The predicted molar refractivity (Wildman–Crippen MR) is 75.9 cm³/mol. The van der Waals surface area contributed by atoms with E-state index in [4.69, 9.17) is 0 Å². The summed E-state index contributed by atoms with van der Waals surface area (Å²) in [5, 5.41) is 6.56. The van der Waals surface area contributed by atoms with Gasteiger partial charge in [-0.25, -0.2) is 0 Å². The molecule has 3 nitrogen and oxygen atoms in total. The van der Waals surface area contributed by atoms with E-state index >= 15 is 0 Å². The summed E-state index contributed by atoms with van der Waals surface area (Å²) in [6.07, 6.45) is 5.77. The van der Waals surface area contributed by atoms with Crippen molar-refractivity contribution >= 4 is 5.91 Å². The topological polar surface area (TPSA) is 41.1 Å². The van der Waals surface area contributed by atoms with Crippen molar-refractivity contribution in [1.29, 1.82) is 0 Å². The normalized spacial score (nSPS) is 23.5. The second-order valence-electron chi connectivity index (χ2n) is 5.81. The van der Waals surface area contributed by atoms with Gasteiger partial charge in [0.15, 0.2) is 0 Å². The van der Waals surface area contributed by atoms with Crippen LogP contribution in [0.4, 0.5) is 0 Å². The molecule has 0 aromatic heterocycles. The van der Waals surface area contributed by atoms with Crippen LogP contribution in [-0.2, 0) is 11.2 Å². The number of hydrogen-bond donors (Lipinski definition) is 2. The zero-order valence-electron chi connectivity index (χ0n) is 11.5. The van der Waals surface area contributed by atoms with E-state index in [1.807, 2.05) is 6.92 Å². The van der Waals surface area contributed by atoms with Crippen molar-refractivity contribution < 1.29 is 4.79 Å². The molecule has 3 rings (SSSR count). The summed E-state index contributed by atoms with van der Waals surface area (Å²) < 4.78 is 0. The Morgan fingerprint density at radius 2 is 2.05 bits per heavy atom. The van der Waals surface area contributed by atoms with Crippen LogP contribution in [0.1, 0.15) is 49.8 Å². The highest BCUT2D eigenvalue weighted by molar-refractivity contribution is 5.81. The average Bonchev–Trinajstić information content (AvgIpc) is 3.23. The molecule has 102 valence electrons. The maximum Gasteiger partial charge on any atom is 0.237 e. The van der Waals surface area contributed by atoms with Crippen molar-refractivity contribution in [3.63, 3.8) is 0 Å². The lowest BCUT2D eigenvalue weighted by Gasteiger charge is -2.28. The first-order chi connectivity index (χ1) is 9.24. The fraction of sp³-hybridized carbons (Fsp3) is 0.562. The molecule has 1 fully saturated rings. The fourth-order valence-corrected chi connectivity index (χ4v) is 2.86. The molecule has 0 saturated heterocycles. The Bertz CT molecular complexity index is 468. The van der Waals surface area contributed by atoms with E-state index in [1.54, 1.807) is 0 Å². The minimum Gasteiger partial charge on any atom is -0.352 e. The molecule has 0 aliphatic heterocycles. The minimum atomic E-state index is -0.114. The summed E-state index contributed by atoms with van der Waals surface area (Å²) in [4.78, 5) is 12.0. The Kier molecular flexibility index (Phi) is 3.56. The van der Waals surface area contributed by atoms with Crippen LogP contribution in [-0.4, -0.2) is 18.0 Å². The van der Waals surface area contributed by atoms with Gasteiger partial charge >= 0.3 is 0 Å². The van der Waals surface area contributed by atoms with Crippen LogP contribution in [0.5, 0.6) is 0 Å². The SMILES string of the molecule is C[C@H](N[C@@H]1CCCc2ccccc21)C(=O)NC1CC1. The zero-order chi connectivity index (χ0) is 13.2. The number of nitrogens with one attached hydrogen (secondary N) is 2. The van der Waals surface area contributed by atoms with E-state index in [9.17, 15) is 4.79 Å². The van der Waals surface area contributed by atoms with Crippen molar-refractivity contribution in [3.05, 3.63) is 35.4 Å². The van der Waals surface area contributed by atoms with E-state index in [0.717, 1.165) is 25.7 Å². The van der Waals surface area contributed by atoms with Gasteiger partial charge in [0.2, 0.25) is 5.91 Å². The van der Waals surface area contributed by atoms with Gasteiger partial charge in [0, 0.05) is 12.1 Å². The number of carbonyl (C=O) groups is 1. The molecule has 0 heterocycles. The maximum atomic E-state index is 12.0. The molecule has 0 bridgehead atoms. The van der Waals surface area contributed by atoms with Gasteiger partial charge in [-0.05, 0) is 50.2 Å². The molecule has 3 heteroatoms. The molecule has 1 aromatic rings. The lowest BCUT2D eigenvalue weighted by atomic mass is 9.87. The first kappa shape index (κ1) is 12.7. The Morgan fingerprint density at radius 1 is 1.26 bits per heavy atom. The first-order valence-electron chi connectivity index (χ1n) is 7.38. The van der Waals surface area contributed by atoms with Gasteiger partial charge in [-0.15, -0.1) is 0 Å². The Morgan fingerprint density at radius 3 is 2.84 bits per heavy atom. The van der Waals surface area contributed by atoms with Crippen molar-refractivity contribution in [3.8, 4) is 0 Å². The Hall–Kier alpha value is -1.35. The number of amides is 1. The van der Waals surface area contributed by atoms with Gasteiger partial charge in [-0.2, -0.15) is 0 Å². The summed E-state index contributed by atoms with van der Waals surface area (Å²) in [6, 6.07) is 9.24. The smallest absolute Gasteiger partial charge is 0.237 e. The lowest BCUT2D eigenvalue weighted by molar-refractivity contribution is -0.123. The van der Waals surface area contributed by atoms with Crippen LogP contribution in [0.25, 0.3) is 0 Å². The second kappa shape index (κ2) is 5.33. The molecule has 19 heavy (non-hydrogen) atoms. The first-order valence-corrected chi connectivity index (χ1v) is 7.38. The second-order valence-corrected chi connectivity index (χ2v) is 5.81. The number of rotatable bonds is 4. The molecule has 2 N–H and O–H groups in total. The molecule has 2 aliphatic rings. The van der Waals surface area contributed by atoms with Crippen LogP contribution in [0.3, 0.4) is 0 Å². The summed E-state index contributed by atoms with van der Waals surface area (Å²) in [5.74, 6) is 0.144. The Balaban J connectivity index is 1.64. The van der Waals surface area contributed by atoms with Crippen LogP contribution in [0.15, 0.2) is 24.3 Å². The van der Waals surface area contributed by atoms with Crippen LogP contribution >= 0.6 is 0 Å². The highest BCUT2D eigenvalue weighted by Gasteiger charge is 2.28. The molecule has 0 radical (unpaired) electrons. The van der Waals surface area contributed by atoms with E-state index in [1.165, 1.54) is 17.5 Å². The van der Waals surface area contributed by atoms with Crippen molar-refractivity contribution in [1.82, 2.24) is 10.6 Å². The van der Waals surface area contributed by atoms with Gasteiger partial charge < -0.3 is 5.32 Å². The quantitative estimate of drug-likeness (QED) is 0.870. The maximum absolute atomic E-state index is 12.0. The van der Waals surface area contributed by atoms with Crippen molar-refractivity contribution in [2.45, 2.75) is 57.2 Å². The van der Waals surface area contributed by atoms with E-state index in [-0.39, 0.29) is 11.9 Å². The third-order valence-corrected chi connectivity index (χ3v) is 4.14. The van der Waals surface area contributed by atoms with Crippen molar-refractivity contribution in [2.75, 3.05) is 0 Å². The van der Waals surface area contributed by atoms with Gasteiger partial charge in [0.1, 0.15) is 0 Å². The van der Waals surface area contributed by atoms with E-state index < -0.39 is 0 Å². The third-order valence-electron chi connectivity index (χ3n) is 4.14. The summed E-state index contributed by atoms with van der Waals surface area (Å²) in [5.41, 5.74) is 2.81. The number of carbonyl (C=O) groups excluding carboxylic acids is 1. The van der Waals surface area contributed by atoms with Crippen molar-refractivity contribution in [2.24, 2.45) is 0 Å². The van der Waals surface area contributed by atoms with Crippen LogP contribution in [0, 0.1) is 0 Å². The molecule has 1 aromatic carbocycles. The predicted octanol–water partition coefficient (Wildman–Crippen LogP) is 2.32. The monoisotopic (exact) mass is 258 g/mol. The molecule has 0 spiro atoms.